The van der Waals surface area contributed by atoms with Gasteiger partial charge in [-0.05, 0) is 18.5 Å². The van der Waals surface area contributed by atoms with Crippen molar-refractivity contribution in [3.05, 3.63) is 35.9 Å². The van der Waals surface area contributed by atoms with E-state index in [9.17, 15) is 10.2 Å². The Balaban J connectivity index is 2.84. The Bertz CT molecular complexity index is 366. The molecule has 0 spiro atoms. The molecule has 0 saturated carbocycles. The maximum Gasteiger partial charge on any atom is 0.0558 e. The third-order valence-corrected chi connectivity index (χ3v) is 3.82. The Morgan fingerprint density at radius 1 is 1.10 bits per heavy atom. The molecule has 0 saturated heterocycles. The molecule has 4 nitrogen and oxygen atoms in total. The van der Waals surface area contributed by atoms with Crippen molar-refractivity contribution < 1.29 is 10.2 Å². The average Bonchev–Trinajstić information content (AvgIpc) is 2.49. The van der Waals surface area contributed by atoms with Gasteiger partial charge in [-0.25, -0.2) is 0 Å². The molecule has 0 bridgehead atoms. The zero-order valence-electron chi connectivity index (χ0n) is 13.4. The quantitative estimate of drug-likeness (QED) is 0.537. The van der Waals surface area contributed by atoms with Gasteiger partial charge in [0.05, 0.1) is 13.2 Å². The molecular formula is C17H30N2O2. The Morgan fingerprint density at radius 3 is 2.24 bits per heavy atom. The minimum absolute atomic E-state index is 0.0409. The third-order valence-electron chi connectivity index (χ3n) is 3.82. The van der Waals surface area contributed by atoms with Crippen molar-refractivity contribution in [2.75, 3.05) is 45.9 Å². The van der Waals surface area contributed by atoms with Crippen molar-refractivity contribution in [3.63, 3.8) is 0 Å². The van der Waals surface area contributed by atoms with Crippen LogP contribution in [0.5, 0.6) is 0 Å². The normalized spacial score (nSPS) is 14.3. The monoisotopic (exact) mass is 294 g/mol. The van der Waals surface area contributed by atoms with E-state index in [4.69, 9.17) is 0 Å². The zero-order valence-corrected chi connectivity index (χ0v) is 13.4. The Hall–Kier alpha value is -0.940. The first-order chi connectivity index (χ1) is 10.2. The van der Waals surface area contributed by atoms with E-state index >= 15 is 0 Å². The van der Waals surface area contributed by atoms with Gasteiger partial charge in [0.2, 0.25) is 0 Å². The number of nitrogens with one attached hydrogen (secondary N) is 1. The van der Waals surface area contributed by atoms with E-state index in [0.717, 1.165) is 26.1 Å². The van der Waals surface area contributed by atoms with Gasteiger partial charge in [-0.3, -0.25) is 4.90 Å². The van der Waals surface area contributed by atoms with E-state index in [1.807, 2.05) is 6.07 Å². The van der Waals surface area contributed by atoms with Crippen LogP contribution in [0.1, 0.15) is 25.8 Å². The van der Waals surface area contributed by atoms with Crippen LogP contribution < -0.4 is 5.32 Å². The number of aliphatic hydroxyl groups is 2. The molecule has 3 N–H and O–H groups in total. The second-order valence-corrected chi connectivity index (χ2v) is 5.83. The van der Waals surface area contributed by atoms with Gasteiger partial charge in [0.15, 0.2) is 0 Å². The van der Waals surface area contributed by atoms with Crippen LogP contribution in [0.25, 0.3) is 0 Å². The second kappa shape index (κ2) is 9.90. The van der Waals surface area contributed by atoms with Crippen molar-refractivity contribution in [2.45, 2.75) is 25.7 Å². The lowest BCUT2D eigenvalue weighted by atomic mass is 9.81. The van der Waals surface area contributed by atoms with Gasteiger partial charge < -0.3 is 15.5 Å². The van der Waals surface area contributed by atoms with Crippen LogP contribution in [0.3, 0.4) is 0 Å². The topological polar surface area (TPSA) is 55.7 Å². The van der Waals surface area contributed by atoms with E-state index in [-0.39, 0.29) is 18.6 Å². The summed E-state index contributed by atoms with van der Waals surface area (Å²) < 4.78 is 0. The van der Waals surface area contributed by atoms with Crippen molar-refractivity contribution >= 4 is 0 Å². The highest BCUT2D eigenvalue weighted by atomic mass is 16.3. The van der Waals surface area contributed by atoms with Gasteiger partial charge in [0, 0.05) is 31.6 Å². The van der Waals surface area contributed by atoms with Crippen molar-refractivity contribution in [1.29, 1.82) is 0 Å². The van der Waals surface area contributed by atoms with Crippen molar-refractivity contribution in [3.8, 4) is 0 Å². The molecule has 1 aromatic rings. The van der Waals surface area contributed by atoms with Crippen LogP contribution in [0.4, 0.5) is 0 Å². The van der Waals surface area contributed by atoms with Crippen LogP contribution in [-0.4, -0.2) is 61.1 Å². The minimum Gasteiger partial charge on any atom is -0.395 e. The zero-order chi connectivity index (χ0) is 15.6. The average molecular weight is 294 g/mol. The molecule has 21 heavy (non-hydrogen) atoms. The van der Waals surface area contributed by atoms with Gasteiger partial charge in [-0.2, -0.15) is 0 Å². The van der Waals surface area contributed by atoms with E-state index in [1.165, 1.54) is 5.56 Å². The fourth-order valence-electron chi connectivity index (χ4n) is 2.68. The molecule has 1 rings (SSSR count). The maximum absolute atomic E-state index is 9.21. The first-order valence-corrected chi connectivity index (χ1v) is 7.86. The fourth-order valence-corrected chi connectivity index (χ4v) is 2.68. The van der Waals surface area contributed by atoms with Crippen LogP contribution in [0, 0.1) is 0 Å². The van der Waals surface area contributed by atoms with Crippen LogP contribution in [0.15, 0.2) is 30.3 Å². The molecule has 0 fully saturated rings. The third kappa shape index (κ3) is 6.14. The lowest BCUT2D eigenvalue weighted by molar-refractivity contribution is 0.136. The molecule has 0 aliphatic carbocycles. The second-order valence-electron chi connectivity index (χ2n) is 5.83. The molecule has 1 unspecified atom stereocenters. The largest absolute Gasteiger partial charge is 0.395 e. The highest BCUT2D eigenvalue weighted by Crippen LogP contribution is 2.24. The predicted molar refractivity (Wildman–Crippen MR) is 87.6 cm³/mol. The summed E-state index contributed by atoms with van der Waals surface area (Å²) >= 11 is 0. The number of rotatable bonds is 11. The highest BCUT2D eigenvalue weighted by molar-refractivity contribution is 5.25. The fraction of sp³-hybridized carbons (Fsp3) is 0.647. The van der Waals surface area contributed by atoms with Gasteiger partial charge in [-0.1, -0.05) is 44.2 Å². The Labute approximate surface area is 128 Å². The summed E-state index contributed by atoms with van der Waals surface area (Å²) in [6, 6.07) is 10.5. The highest BCUT2D eigenvalue weighted by Gasteiger charge is 2.28. The van der Waals surface area contributed by atoms with Gasteiger partial charge in [0.25, 0.3) is 0 Å². The lowest BCUT2D eigenvalue weighted by Crippen LogP contribution is -2.47. The number of nitrogens with zero attached hydrogens (tertiary/aromatic N) is 1. The summed E-state index contributed by atoms with van der Waals surface area (Å²) in [6.45, 7) is 8.53. The van der Waals surface area contributed by atoms with E-state index in [0.29, 0.717) is 13.1 Å². The van der Waals surface area contributed by atoms with Crippen LogP contribution in [0.2, 0.25) is 0 Å². The molecule has 0 heterocycles. The summed E-state index contributed by atoms with van der Waals surface area (Å²) in [7, 11) is 0. The van der Waals surface area contributed by atoms with Gasteiger partial charge in [-0.15, -0.1) is 0 Å². The summed E-state index contributed by atoms with van der Waals surface area (Å²) in [5, 5.41) is 21.9. The first kappa shape index (κ1) is 18.1. The first-order valence-electron chi connectivity index (χ1n) is 7.86. The molecule has 1 aromatic carbocycles. The maximum atomic E-state index is 9.21. The summed E-state index contributed by atoms with van der Waals surface area (Å²) in [6.07, 6.45) is 1.11. The molecule has 0 radical (unpaired) electrons. The van der Waals surface area contributed by atoms with Crippen molar-refractivity contribution in [2.24, 2.45) is 0 Å². The van der Waals surface area contributed by atoms with E-state index in [1.54, 1.807) is 0 Å². The molecular weight excluding hydrogens is 264 g/mol. The number of aliphatic hydroxyl groups excluding tert-OH is 2. The molecule has 1 atom stereocenters. The number of hydrogen-bond acceptors (Lipinski definition) is 4. The minimum atomic E-state index is -0.0409. The SMILES string of the molecule is CCCNCC(C)(CN(CCO)CCO)c1ccccc1. The van der Waals surface area contributed by atoms with Crippen LogP contribution in [-0.2, 0) is 5.41 Å². The number of hydrogen-bond donors (Lipinski definition) is 3. The summed E-state index contributed by atoms with van der Waals surface area (Å²) in [4.78, 5) is 2.13. The predicted octanol–water partition coefficient (Wildman–Crippen LogP) is 1.23. The van der Waals surface area contributed by atoms with Gasteiger partial charge in [0.1, 0.15) is 0 Å². The van der Waals surface area contributed by atoms with Crippen molar-refractivity contribution in [1.82, 2.24) is 10.2 Å². The van der Waals surface area contributed by atoms with Crippen LogP contribution >= 0.6 is 0 Å². The number of benzene rings is 1. The smallest absolute Gasteiger partial charge is 0.0558 e. The summed E-state index contributed by atoms with van der Waals surface area (Å²) in [5.74, 6) is 0. The Kier molecular flexibility index (Phi) is 8.54. The van der Waals surface area contributed by atoms with Gasteiger partial charge >= 0.3 is 0 Å². The van der Waals surface area contributed by atoms with E-state index < -0.39 is 0 Å². The Morgan fingerprint density at radius 2 is 1.71 bits per heavy atom. The molecule has 120 valence electrons. The molecule has 0 amide bonds. The molecule has 0 aliphatic heterocycles. The molecule has 4 heteroatoms. The summed E-state index contributed by atoms with van der Waals surface area (Å²) in [5.41, 5.74) is 1.25. The standard InChI is InChI=1S/C17H30N2O2/c1-3-9-18-14-17(2,16-7-5-4-6-8-16)15-19(10-12-20)11-13-21/h4-8,18,20-21H,3,9-15H2,1-2H3. The molecule has 0 aromatic heterocycles. The molecule has 0 aliphatic rings. The van der Waals surface area contributed by atoms with E-state index in [2.05, 4.69) is 48.3 Å². The lowest BCUT2D eigenvalue weighted by Gasteiger charge is -2.36.